The molecule has 1 saturated heterocycles. The summed E-state index contributed by atoms with van der Waals surface area (Å²) in [6.45, 7) is 1.99. The van der Waals surface area contributed by atoms with Crippen molar-refractivity contribution in [1.82, 2.24) is 9.88 Å². The lowest BCUT2D eigenvalue weighted by Gasteiger charge is -2.27. The van der Waals surface area contributed by atoms with E-state index in [0.29, 0.717) is 0 Å². The smallest absolute Gasteiger partial charge is 0.0924 e. The van der Waals surface area contributed by atoms with E-state index in [0.717, 1.165) is 48.8 Å². The van der Waals surface area contributed by atoms with Crippen molar-refractivity contribution in [2.45, 2.75) is 24.9 Å². The van der Waals surface area contributed by atoms with Crippen molar-refractivity contribution in [2.75, 3.05) is 20.1 Å². The second-order valence-electron chi connectivity index (χ2n) is 5.61. The number of fused-ring (bicyclic) bond motifs is 1. The van der Waals surface area contributed by atoms with Crippen LogP contribution in [0.4, 0.5) is 0 Å². The van der Waals surface area contributed by atoms with E-state index in [2.05, 4.69) is 29.1 Å². The number of hydrogen-bond donors (Lipinski definition) is 1. The van der Waals surface area contributed by atoms with Crippen molar-refractivity contribution < 1.29 is 5.11 Å². The van der Waals surface area contributed by atoms with Gasteiger partial charge in [0.05, 0.1) is 11.1 Å². The zero-order chi connectivity index (χ0) is 13.3. The molecule has 1 aromatic carbocycles. The van der Waals surface area contributed by atoms with Crippen LogP contribution in [0.3, 0.4) is 0 Å². The monoisotopic (exact) mass is 256 g/mol. The molecule has 0 aliphatic carbocycles. The van der Waals surface area contributed by atoms with E-state index in [1.807, 2.05) is 24.4 Å². The van der Waals surface area contributed by atoms with Crippen LogP contribution in [0, 0.1) is 0 Å². The van der Waals surface area contributed by atoms with Gasteiger partial charge in [0.25, 0.3) is 0 Å². The van der Waals surface area contributed by atoms with Crippen molar-refractivity contribution in [3.63, 3.8) is 0 Å². The SMILES string of the molecule is CN1CCCC(O)(c2cnc3ccccc3c2)CC1. The molecular weight excluding hydrogens is 236 g/mol. The molecule has 2 aromatic rings. The van der Waals surface area contributed by atoms with E-state index in [1.54, 1.807) is 0 Å². The van der Waals surface area contributed by atoms with Crippen LogP contribution < -0.4 is 0 Å². The van der Waals surface area contributed by atoms with Crippen LogP contribution in [0.25, 0.3) is 10.9 Å². The molecule has 0 radical (unpaired) electrons. The molecule has 3 nitrogen and oxygen atoms in total. The van der Waals surface area contributed by atoms with Crippen molar-refractivity contribution in [2.24, 2.45) is 0 Å². The Balaban J connectivity index is 1.97. The summed E-state index contributed by atoms with van der Waals surface area (Å²) >= 11 is 0. The predicted molar refractivity (Wildman–Crippen MR) is 77.0 cm³/mol. The number of rotatable bonds is 1. The van der Waals surface area contributed by atoms with E-state index in [9.17, 15) is 5.11 Å². The highest BCUT2D eigenvalue weighted by molar-refractivity contribution is 5.78. The number of aromatic nitrogens is 1. The molecule has 100 valence electrons. The lowest BCUT2D eigenvalue weighted by molar-refractivity contribution is 0.0217. The fourth-order valence-corrected chi connectivity index (χ4v) is 2.87. The number of benzene rings is 1. The molecule has 3 rings (SSSR count). The van der Waals surface area contributed by atoms with Gasteiger partial charge in [-0.2, -0.15) is 0 Å². The molecule has 0 spiro atoms. The first-order chi connectivity index (χ1) is 9.17. The summed E-state index contributed by atoms with van der Waals surface area (Å²) in [6, 6.07) is 10.2. The Bertz CT molecular complexity index is 584. The highest BCUT2D eigenvalue weighted by Crippen LogP contribution is 2.33. The molecule has 1 aromatic heterocycles. The maximum Gasteiger partial charge on any atom is 0.0924 e. The van der Waals surface area contributed by atoms with Crippen molar-refractivity contribution in [3.8, 4) is 0 Å². The average molecular weight is 256 g/mol. The lowest BCUT2D eigenvalue weighted by atomic mass is 9.87. The maximum absolute atomic E-state index is 10.9. The second kappa shape index (κ2) is 4.91. The largest absolute Gasteiger partial charge is 0.385 e. The van der Waals surface area contributed by atoms with Gasteiger partial charge in [-0.3, -0.25) is 4.98 Å². The average Bonchev–Trinajstić information content (AvgIpc) is 2.61. The van der Waals surface area contributed by atoms with Crippen molar-refractivity contribution in [3.05, 3.63) is 42.1 Å². The lowest BCUT2D eigenvalue weighted by Crippen LogP contribution is -2.27. The molecule has 1 aliphatic heterocycles. The van der Waals surface area contributed by atoms with E-state index < -0.39 is 5.60 Å². The Morgan fingerprint density at radius 1 is 1.21 bits per heavy atom. The van der Waals surface area contributed by atoms with Gasteiger partial charge in [-0.25, -0.2) is 0 Å². The molecule has 1 aliphatic rings. The van der Waals surface area contributed by atoms with Crippen molar-refractivity contribution in [1.29, 1.82) is 0 Å². The molecule has 2 heterocycles. The third-order valence-corrected chi connectivity index (χ3v) is 4.17. The van der Waals surface area contributed by atoms with Gasteiger partial charge in [-0.15, -0.1) is 0 Å². The number of nitrogens with zero attached hydrogens (tertiary/aromatic N) is 2. The number of para-hydroxylation sites is 1. The summed E-state index contributed by atoms with van der Waals surface area (Å²) in [5, 5.41) is 12.0. The molecule has 0 bridgehead atoms. The Morgan fingerprint density at radius 3 is 2.95 bits per heavy atom. The third-order valence-electron chi connectivity index (χ3n) is 4.17. The van der Waals surface area contributed by atoms with Crippen LogP contribution in [-0.2, 0) is 5.60 Å². The van der Waals surface area contributed by atoms with E-state index in [1.165, 1.54) is 0 Å². The highest BCUT2D eigenvalue weighted by Gasteiger charge is 2.31. The summed E-state index contributed by atoms with van der Waals surface area (Å²) in [6.07, 6.45) is 4.47. The minimum absolute atomic E-state index is 0.720. The Morgan fingerprint density at radius 2 is 2.05 bits per heavy atom. The minimum atomic E-state index is -0.720. The van der Waals surface area contributed by atoms with Gasteiger partial charge in [0.1, 0.15) is 0 Å². The third kappa shape index (κ3) is 2.48. The summed E-state index contributed by atoms with van der Waals surface area (Å²) < 4.78 is 0. The standard InChI is InChI=1S/C16H20N2O/c1-18-9-4-7-16(19,8-10-18)14-11-13-5-2-3-6-15(13)17-12-14/h2-3,5-6,11-12,19H,4,7-10H2,1H3. The molecule has 0 saturated carbocycles. The molecular formula is C16H20N2O. The van der Waals surface area contributed by atoms with Crippen LogP contribution >= 0.6 is 0 Å². The molecule has 1 unspecified atom stereocenters. The van der Waals surface area contributed by atoms with Gasteiger partial charge < -0.3 is 10.0 Å². The van der Waals surface area contributed by atoms with Gasteiger partial charge in [-0.1, -0.05) is 18.2 Å². The van der Waals surface area contributed by atoms with Crippen LogP contribution in [0.5, 0.6) is 0 Å². The van der Waals surface area contributed by atoms with E-state index in [4.69, 9.17) is 0 Å². The van der Waals surface area contributed by atoms with Gasteiger partial charge in [0.15, 0.2) is 0 Å². The summed E-state index contributed by atoms with van der Waals surface area (Å²) in [7, 11) is 2.12. The Hall–Kier alpha value is -1.45. The molecule has 3 heteroatoms. The van der Waals surface area contributed by atoms with Gasteiger partial charge in [0, 0.05) is 23.7 Å². The van der Waals surface area contributed by atoms with E-state index >= 15 is 0 Å². The van der Waals surface area contributed by atoms with Crippen LogP contribution in [0.2, 0.25) is 0 Å². The van der Waals surface area contributed by atoms with E-state index in [-0.39, 0.29) is 0 Å². The summed E-state index contributed by atoms with van der Waals surface area (Å²) in [4.78, 5) is 6.76. The molecule has 0 amide bonds. The fraction of sp³-hybridized carbons (Fsp3) is 0.438. The summed E-state index contributed by atoms with van der Waals surface area (Å²) in [5.41, 5.74) is 1.23. The van der Waals surface area contributed by atoms with Crippen LogP contribution in [0.15, 0.2) is 36.5 Å². The Kier molecular flexibility index (Phi) is 3.25. The Labute approximate surface area is 113 Å². The first kappa shape index (κ1) is 12.6. The molecule has 1 fully saturated rings. The number of aliphatic hydroxyl groups is 1. The molecule has 1 N–H and O–H groups in total. The maximum atomic E-state index is 10.9. The highest BCUT2D eigenvalue weighted by atomic mass is 16.3. The zero-order valence-electron chi connectivity index (χ0n) is 11.3. The molecule has 19 heavy (non-hydrogen) atoms. The second-order valence-corrected chi connectivity index (χ2v) is 5.61. The quantitative estimate of drug-likeness (QED) is 0.852. The predicted octanol–water partition coefficient (Wildman–Crippen LogP) is 2.54. The van der Waals surface area contributed by atoms with Crippen LogP contribution in [-0.4, -0.2) is 35.1 Å². The normalized spacial score (nSPS) is 25.4. The number of pyridine rings is 1. The summed E-state index contributed by atoms with van der Waals surface area (Å²) in [5.74, 6) is 0. The molecule has 1 atom stereocenters. The van der Waals surface area contributed by atoms with Gasteiger partial charge in [0.2, 0.25) is 0 Å². The van der Waals surface area contributed by atoms with Gasteiger partial charge >= 0.3 is 0 Å². The van der Waals surface area contributed by atoms with Crippen molar-refractivity contribution >= 4 is 10.9 Å². The van der Waals surface area contributed by atoms with Crippen LogP contribution in [0.1, 0.15) is 24.8 Å². The first-order valence-electron chi connectivity index (χ1n) is 6.94. The number of hydrogen-bond acceptors (Lipinski definition) is 3. The fourth-order valence-electron chi connectivity index (χ4n) is 2.87. The topological polar surface area (TPSA) is 36.4 Å². The van der Waals surface area contributed by atoms with Gasteiger partial charge in [-0.05, 0) is 45.0 Å². The first-order valence-corrected chi connectivity index (χ1v) is 6.94. The minimum Gasteiger partial charge on any atom is -0.385 e. The zero-order valence-corrected chi connectivity index (χ0v) is 11.3. The number of likely N-dealkylation sites (tertiary alicyclic amines) is 1.